The zero-order valence-electron chi connectivity index (χ0n) is 17.7. The van der Waals surface area contributed by atoms with Crippen molar-refractivity contribution in [3.05, 3.63) is 57.8 Å². The molecule has 1 aliphatic rings. The van der Waals surface area contributed by atoms with Crippen LogP contribution in [0.2, 0.25) is 0 Å². The Morgan fingerprint density at radius 1 is 0.933 bits per heavy atom. The van der Waals surface area contributed by atoms with Gasteiger partial charge in [0, 0.05) is 16.9 Å². The second-order valence-electron chi connectivity index (χ2n) is 7.25. The molecule has 1 atom stereocenters. The lowest BCUT2D eigenvalue weighted by Crippen LogP contribution is -2.40. The highest BCUT2D eigenvalue weighted by Gasteiger charge is 2.38. The number of hydrogen-bond donors (Lipinski definition) is 0. The zero-order chi connectivity index (χ0) is 22.4. The highest BCUT2D eigenvalue weighted by atomic mass is 79.9. The van der Waals surface area contributed by atoms with Crippen LogP contribution in [-0.4, -0.2) is 50.2 Å². The van der Waals surface area contributed by atoms with Crippen LogP contribution in [0.5, 0.6) is 0 Å². The molecule has 0 amide bonds. The molecule has 7 nitrogen and oxygen atoms in total. The Hall–Kier alpha value is -2.61. The number of hydrogen-bond acceptors (Lipinski definition) is 7. The monoisotopic (exact) mass is 479 g/mol. The number of benzene rings is 1. The van der Waals surface area contributed by atoms with Crippen molar-refractivity contribution < 1.29 is 28.6 Å². The first-order chi connectivity index (χ1) is 14.2. The molecule has 0 saturated carbocycles. The maximum Gasteiger partial charge on any atom is 0.336 e. The summed E-state index contributed by atoms with van der Waals surface area (Å²) in [5.74, 6) is -2.20. The highest BCUT2D eigenvalue weighted by Crippen LogP contribution is 2.38. The molecule has 0 spiro atoms. The van der Waals surface area contributed by atoms with Crippen molar-refractivity contribution in [2.24, 2.45) is 5.92 Å². The molecule has 8 heteroatoms. The highest BCUT2D eigenvalue weighted by molar-refractivity contribution is 9.10. The molecule has 30 heavy (non-hydrogen) atoms. The second-order valence-corrected chi connectivity index (χ2v) is 8.17. The summed E-state index contributed by atoms with van der Waals surface area (Å²) in [7, 11) is 3.85. The Kier molecular flexibility index (Phi) is 8.23. The Morgan fingerprint density at radius 2 is 1.43 bits per heavy atom. The van der Waals surface area contributed by atoms with Crippen molar-refractivity contribution in [2.75, 3.05) is 21.3 Å². The summed E-state index contributed by atoms with van der Waals surface area (Å²) < 4.78 is 15.8. The minimum atomic E-state index is -0.708. The summed E-state index contributed by atoms with van der Waals surface area (Å²) in [6, 6.07) is 6.55. The van der Waals surface area contributed by atoms with Gasteiger partial charge in [0.05, 0.1) is 38.4 Å². The van der Waals surface area contributed by atoms with Gasteiger partial charge in [-0.3, -0.25) is 0 Å². The first-order valence-corrected chi connectivity index (χ1v) is 10.2. The van der Waals surface area contributed by atoms with E-state index < -0.39 is 29.9 Å². The van der Waals surface area contributed by atoms with Gasteiger partial charge in [-0.2, -0.15) is 0 Å². The minimum absolute atomic E-state index is 0.170. The summed E-state index contributed by atoms with van der Waals surface area (Å²) in [5.41, 5.74) is 1.16. The Morgan fingerprint density at radius 3 is 1.83 bits per heavy atom. The van der Waals surface area contributed by atoms with E-state index in [2.05, 4.69) is 15.9 Å². The van der Waals surface area contributed by atoms with Crippen molar-refractivity contribution in [1.29, 1.82) is 0 Å². The third-order valence-electron chi connectivity index (χ3n) is 4.77. The van der Waals surface area contributed by atoms with Crippen molar-refractivity contribution in [1.82, 2.24) is 4.90 Å². The van der Waals surface area contributed by atoms with Gasteiger partial charge in [0.15, 0.2) is 0 Å². The zero-order valence-corrected chi connectivity index (χ0v) is 19.3. The first-order valence-electron chi connectivity index (χ1n) is 9.44. The fourth-order valence-electron chi connectivity index (χ4n) is 3.37. The van der Waals surface area contributed by atoms with E-state index in [1.807, 2.05) is 38.1 Å². The topological polar surface area (TPSA) is 82.1 Å². The van der Waals surface area contributed by atoms with Crippen LogP contribution in [0.25, 0.3) is 0 Å². The smallest absolute Gasteiger partial charge is 0.336 e. The van der Waals surface area contributed by atoms with Crippen molar-refractivity contribution >= 4 is 33.8 Å². The number of carbonyl (C=O) groups excluding carboxylic acids is 3. The first kappa shape index (κ1) is 23.7. The molecule has 0 bridgehead atoms. The fraction of sp³-hybridized carbons (Fsp3) is 0.409. The van der Waals surface area contributed by atoms with Crippen LogP contribution in [0.1, 0.15) is 31.7 Å². The molecular weight excluding hydrogens is 454 g/mol. The summed E-state index contributed by atoms with van der Waals surface area (Å²) in [4.78, 5) is 39.4. The number of esters is 3. The van der Waals surface area contributed by atoms with Gasteiger partial charge in [0.1, 0.15) is 6.04 Å². The standard InChI is InChI=1S/C22H26BrNO6/c1-13(2)10-18(22(27)30-5)24-11-16(20(25)28-3)19(17(12-24)21(26)29-4)14-6-8-15(23)9-7-14/h6-9,11-13,18-19H,10H2,1-5H3/t18-/m0/s1. The van der Waals surface area contributed by atoms with Crippen molar-refractivity contribution in [2.45, 2.75) is 32.2 Å². The Balaban J connectivity index is 2.66. The lowest BCUT2D eigenvalue weighted by atomic mass is 9.83. The van der Waals surface area contributed by atoms with Crippen LogP contribution in [-0.2, 0) is 28.6 Å². The van der Waals surface area contributed by atoms with Crippen molar-refractivity contribution in [3.63, 3.8) is 0 Å². The number of carbonyl (C=O) groups is 3. The van der Waals surface area contributed by atoms with Gasteiger partial charge < -0.3 is 19.1 Å². The van der Waals surface area contributed by atoms with Crippen LogP contribution in [0.3, 0.4) is 0 Å². The molecule has 0 fully saturated rings. The molecule has 0 saturated heterocycles. The second kappa shape index (κ2) is 10.4. The molecule has 0 unspecified atom stereocenters. The third-order valence-corrected chi connectivity index (χ3v) is 5.30. The molecule has 1 aromatic carbocycles. The maximum atomic E-state index is 12.7. The van der Waals surface area contributed by atoms with Gasteiger partial charge in [-0.15, -0.1) is 0 Å². The summed E-state index contributed by atoms with van der Waals surface area (Å²) in [6.45, 7) is 3.95. The lowest BCUT2D eigenvalue weighted by Gasteiger charge is -2.34. The van der Waals surface area contributed by atoms with Crippen molar-refractivity contribution in [3.8, 4) is 0 Å². The molecule has 0 radical (unpaired) electrons. The van der Waals surface area contributed by atoms with E-state index in [1.165, 1.54) is 21.3 Å². The predicted molar refractivity (Wildman–Crippen MR) is 114 cm³/mol. The third kappa shape index (κ3) is 5.30. The number of rotatable bonds is 7. The van der Waals surface area contributed by atoms with E-state index in [-0.39, 0.29) is 17.1 Å². The van der Waals surface area contributed by atoms with E-state index in [0.717, 1.165) is 4.47 Å². The van der Waals surface area contributed by atoms with Crippen LogP contribution < -0.4 is 0 Å². The van der Waals surface area contributed by atoms with Crippen LogP contribution in [0.15, 0.2) is 52.3 Å². The molecule has 2 rings (SSSR count). The molecule has 0 aromatic heterocycles. The van der Waals surface area contributed by atoms with Gasteiger partial charge in [-0.25, -0.2) is 14.4 Å². The Bertz CT molecular complexity index is 825. The summed E-state index contributed by atoms with van der Waals surface area (Å²) in [5, 5.41) is 0. The molecule has 162 valence electrons. The molecule has 1 aromatic rings. The van der Waals surface area contributed by atoms with Gasteiger partial charge in [0.25, 0.3) is 0 Å². The molecule has 1 aliphatic heterocycles. The van der Waals surface area contributed by atoms with E-state index in [4.69, 9.17) is 14.2 Å². The number of nitrogens with zero attached hydrogens (tertiary/aromatic N) is 1. The number of methoxy groups -OCH3 is 3. The van der Waals surface area contributed by atoms with Gasteiger partial charge in [0.2, 0.25) is 0 Å². The van der Waals surface area contributed by atoms with Gasteiger partial charge in [-0.1, -0.05) is 41.9 Å². The van der Waals surface area contributed by atoms with Crippen LogP contribution >= 0.6 is 15.9 Å². The molecule has 0 N–H and O–H groups in total. The minimum Gasteiger partial charge on any atom is -0.467 e. The average Bonchev–Trinajstić information content (AvgIpc) is 2.75. The lowest BCUT2D eigenvalue weighted by molar-refractivity contribution is -0.146. The van der Waals surface area contributed by atoms with E-state index in [0.29, 0.717) is 12.0 Å². The van der Waals surface area contributed by atoms with Gasteiger partial charge >= 0.3 is 17.9 Å². The van der Waals surface area contributed by atoms with E-state index >= 15 is 0 Å². The maximum absolute atomic E-state index is 12.7. The largest absolute Gasteiger partial charge is 0.467 e. The Labute approximate surface area is 184 Å². The summed E-state index contributed by atoms with van der Waals surface area (Å²) >= 11 is 3.39. The SMILES string of the molecule is COC(=O)C1=CN([C@@H](CC(C)C)C(=O)OC)C=C(C(=O)OC)C1c1ccc(Br)cc1. The fourth-order valence-corrected chi connectivity index (χ4v) is 3.63. The predicted octanol–water partition coefficient (Wildman–Crippen LogP) is 3.55. The molecule has 1 heterocycles. The summed E-state index contributed by atoms with van der Waals surface area (Å²) in [6.07, 6.45) is 3.56. The molecule has 0 aliphatic carbocycles. The van der Waals surface area contributed by atoms with Gasteiger partial charge in [-0.05, 0) is 30.0 Å². The van der Waals surface area contributed by atoms with E-state index in [9.17, 15) is 14.4 Å². The normalized spacial score (nSPS) is 15.2. The molecular formula is C22H26BrNO6. The van der Waals surface area contributed by atoms with E-state index in [1.54, 1.807) is 17.3 Å². The number of ether oxygens (including phenoxy) is 3. The van der Waals surface area contributed by atoms with Crippen LogP contribution in [0, 0.1) is 5.92 Å². The number of halogens is 1. The quantitative estimate of drug-likeness (QED) is 0.436. The van der Waals surface area contributed by atoms with Crippen LogP contribution in [0.4, 0.5) is 0 Å². The average molecular weight is 480 g/mol.